The summed E-state index contributed by atoms with van der Waals surface area (Å²) in [5.41, 5.74) is 0. The quantitative estimate of drug-likeness (QED) is 0.717. The molecule has 1 saturated heterocycles. The number of morpholine rings is 1. The van der Waals surface area contributed by atoms with Gasteiger partial charge in [0, 0.05) is 19.1 Å². The molecule has 2 aliphatic rings. The number of nitrogens with one attached hydrogen (secondary N) is 1. The van der Waals surface area contributed by atoms with Gasteiger partial charge in [0.05, 0.1) is 13.2 Å². The summed E-state index contributed by atoms with van der Waals surface area (Å²) in [6.45, 7) is 8.86. The number of nitrogens with zero attached hydrogens (tertiary/aromatic N) is 1. The highest BCUT2D eigenvalue weighted by Gasteiger charge is 2.20. The molecule has 1 N–H and O–H groups in total. The minimum atomic E-state index is 0.724. The van der Waals surface area contributed by atoms with Gasteiger partial charge in [0.2, 0.25) is 0 Å². The van der Waals surface area contributed by atoms with Crippen LogP contribution in [0.1, 0.15) is 39.0 Å². The van der Waals surface area contributed by atoms with E-state index in [0.29, 0.717) is 0 Å². The van der Waals surface area contributed by atoms with Gasteiger partial charge in [-0.25, -0.2) is 0 Å². The molecule has 100 valence electrons. The molecule has 1 aliphatic heterocycles. The third-order valence-corrected chi connectivity index (χ3v) is 4.33. The zero-order chi connectivity index (χ0) is 11.9. The van der Waals surface area contributed by atoms with Crippen LogP contribution in [0.4, 0.5) is 0 Å². The minimum Gasteiger partial charge on any atom is -0.379 e. The average molecular weight is 240 g/mol. The normalized spacial score (nSPS) is 25.2. The Labute approximate surface area is 106 Å². The van der Waals surface area contributed by atoms with Crippen molar-refractivity contribution >= 4 is 0 Å². The van der Waals surface area contributed by atoms with Crippen molar-refractivity contribution in [2.24, 2.45) is 5.92 Å². The zero-order valence-corrected chi connectivity index (χ0v) is 11.3. The molecule has 17 heavy (non-hydrogen) atoms. The second-order valence-electron chi connectivity index (χ2n) is 5.59. The van der Waals surface area contributed by atoms with E-state index in [4.69, 9.17) is 4.74 Å². The summed E-state index contributed by atoms with van der Waals surface area (Å²) in [6.07, 6.45) is 7.06. The van der Waals surface area contributed by atoms with Gasteiger partial charge in [0.25, 0.3) is 0 Å². The van der Waals surface area contributed by atoms with Crippen LogP contribution < -0.4 is 5.32 Å². The molecule has 1 heterocycles. The summed E-state index contributed by atoms with van der Waals surface area (Å²) in [4.78, 5) is 2.52. The molecule has 2 fully saturated rings. The number of ether oxygens (including phenoxy) is 1. The van der Waals surface area contributed by atoms with Crippen LogP contribution in [-0.4, -0.2) is 50.3 Å². The van der Waals surface area contributed by atoms with E-state index < -0.39 is 0 Å². The van der Waals surface area contributed by atoms with Gasteiger partial charge in [-0.1, -0.05) is 12.8 Å². The van der Waals surface area contributed by atoms with Gasteiger partial charge in [-0.15, -0.1) is 0 Å². The predicted octanol–water partition coefficient (Wildman–Crippen LogP) is 1.88. The van der Waals surface area contributed by atoms with Crippen LogP contribution in [0.3, 0.4) is 0 Å². The van der Waals surface area contributed by atoms with E-state index in [9.17, 15) is 0 Å². The monoisotopic (exact) mass is 240 g/mol. The second kappa shape index (κ2) is 7.34. The predicted molar refractivity (Wildman–Crippen MR) is 71.3 cm³/mol. The first-order valence-corrected chi connectivity index (χ1v) is 7.40. The van der Waals surface area contributed by atoms with Gasteiger partial charge in [-0.2, -0.15) is 0 Å². The fourth-order valence-corrected chi connectivity index (χ4v) is 3.08. The molecule has 3 nitrogen and oxygen atoms in total. The fraction of sp³-hybridized carbons (Fsp3) is 1.00. The van der Waals surface area contributed by atoms with Gasteiger partial charge in [-0.05, 0) is 45.2 Å². The van der Waals surface area contributed by atoms with Crippen LogP contribution in [0, 0.1) is 5.92 Å². The van der Waals surface area contributed by atoms with Crippen molar-refractivity contribution in [1.82, 2.24) is 10.2 Å². The summed E-state index contributed by atoms with van der Waals surface area (Å²) >= 11 is 0. The smallest absolute Gasteiger partial charge is 0.0594 e. The molecule has 1 aliphatic carbocycles. The van der Waals surface area contributed by atoms with E-state index in [2.05, 4.69) is 17.1 Å². The van der Waals surface area contributed by atoms with E-state index in [1.54, 1.807) is 0 Å². The molecule has 0 bridgehead atoms. The Kier molecular flexibility index (Phi) is 5.75. The molecular weight excluding hydrogens is 212 g/mol. The maximum atomic E-state index is 5.35. The molecule has 3 heteroatoms. The Hall–Kier alpha value is -0.120. The van der Waals surface area contributed by atoms with Crippen molar-refractivity contribution in [2.45, 2.75) is 45.1 Å². The topological polar surface area (TPSA) is 24.5 Å². The van der Waals surface area contributed by atoms with Crippen molar-refractivity contribution in [1.29, 1.82) is 0 Å². The summed E-state index contributed by atoms with van der Waals surface area (Å²) in [5, 5.41) is 3.71. The van der Waals surface area contributed by atoms with Gasteiger partial charge in [0.15, 0.2) is 0 Å². The lowest BCUT2D eigenvalue weighted by Crippen LogP contribution is -2.39. The average Bonchev–Trinajstić information content (AvgIpc) is 2.89. The molecule has 0 amide bonds. The lowest BCUT2D eigenvalue weighted by atomic mass is 10.00. The Bertz CT molecular complexity index is 198. The van der Waals surface area contributed by atoms with E-state index in [0.717, 1.165) is 38.3 Å². The molecule has 1 saturated carbocycles. The summed E-state index contributed by atoms with van der Waals surface area (Å²) in [7, 11) is 0. The molecule has 1 atom stereocenters. The lowest BCUT2D eigenvalue weighted by molar-refractivity contribution is 0.0373. The first-order valence-electron chi connectivity index (χ1n) is 7.40. The number of hydrogen-bond donors (Lipinski definition) is 1. The highest BCUT2D eigenvalue weighted by atomic mass is 16.5. The Morgan fingerprint density at radius 3 is 2.65 bits per heavy atom. The first kappa shape index (κ1) is 13.3. The van der Waals surface area contributed by atoms with Gasteiger partial charge in [-0.3, -0.25) is 4.90 Å². The fourth-order valence-electron chi connectivity index (χ4n) is 3.08. The summed E-state index contributed by atoms with van der Waals surface area (Å²) in [6, 6.07) is 0.724. The van der Waals surface area contributed by atoms with Crippen molar-refractivity contribution < 1.29 is 4.74 Å². The van der Waals surface area contributed by atoms with Crippen molar-refractivity contribution in [2.75, 3.05) is 39.4 Å². The Morgan fingerprint density at radius 2 is 1.94 bits per heavy atom. The molecule has 0 aromatic rings. The van der Waals surface area contributed by atoms with Crippen molar-refractivity contribution in [3.8, 4) is 0 Å². The van der Waals surface area contributed by atoms with E-state index >= 15 is 0 Å². The molecule has 0 aromatic heterocycles. The number of rotatable bonds is 6. The van der Waals surface area contributed by atoms with Crippen LogP contribution in [0.25, 0.3) is 0 Å². The second-order valence-corrected chi connectivity index (χ2v) is 5.59. The van der Waals surface area contributed by atoms with E-state index in [-0.39, 0.29) is 0 Å². The Morgan fingerprint density at radius 1 is 1.24 bits per heavy atom. The Balaban J connectivity index is 1.50. The van der Waals surface area contributed by atoms with Gasteiger partial charge in [0.1, 0.15) is 0 Å². The van der Waals surface area contributed by atoms with Gasteiger partial charge < -0.3 is 10.1 Å². The molecule has 0 aromatic carbocycles. The van der Waals surface area contributed by atoms with Crippen LogP contribution >= 0.6 is 0 Å². The molecule has 0 radical (unpaired) electrons. The third kappa shape index (κ3) is 4.57. The highest BCUT2D eigenvalue weighted by molar-refractivity contribution is 4.77. The third-order valence-electron chi connectivity index (χ3n) is 4.33. The standard InChI is InChI=1S/C14H28N2O/c1-13(14-5-2-3-6-14)15-7-4-8-16-9-11-17-12-10-16/h13-15H,2-12H2,1H3. The van der Waals surface area contributed by atoms with E-state index in [1.807, 2.05) is 0 Å². The van der Waals surface area contributed by atoms with Crippen LogP contribution in [0.5, 0.6) is 0 Å². The maximum Gasteiger partial charge on any atom is 0.0594 e. The van der Waals surface area contributed by atoms with E-state index in [1.165, 1.54) is 45.2 Å². The lowest BCUT2D eigenvalue weighted by Gasteiger charge is -2.27. The van der Waals surface area contributed by atoms with Crippen LogP contribution in [0.15, 0.2) is 0 Å². The molecular formula is C14H28N2O. The minimum absolute atomic E-state index is 0.724. The highest BCUT2D eigenvalue weighted by Crippen LogP contribution is 2.27. The van der Waals surface area contributed by atoms with Crippen molar-refractivity contribution in [3.05, 3.63) is 0 Å². The zero-order valence-electron chi connectivity index (χ0n) is 11.3. The summed E-state index contributed by atoms with van der Waals surface area (Å²) in [5.74, 6) is 0.943. The van der Waals surface area contributed by atoms with Crippen LogP contribution in [-0.2, 0) is 4.74 Å². The van der Waals surface area contributed by atoms with Crippen LogP contribution in [0.2, 0.25) is 0 Å². The SMILES string of the molecule is CC(NCCCN1CCOCC1)C1CCCC1. The number of hydrogen-bond acceptors (Lipinski definition) is 3. The maximum absolute atomic E-state index is 5.35. The van der Waals surface area contributed by atoms with Gasteiger partial charge >= 0.3 is 0 Å². The van der Waals surface area contributed by atoms with Crippen molar-refractivity contribution in [3.63, 3.8) is 0 Å². The molecule has 0 spiro atoms. The largest absolute Gasteiger partial charge is 0.379 e. The first-order chi connectivity index (χ1) is 8.36. The summed E-state index contributed by atoms with van der Waals surface area (Å²) < 4.78 is 5.35. The molecule has 1 unspecified atom stereocenters. The molecule has 2 rings (SSSR count).